The summed E-state index contributed by atoms with van der Waals surface area (Å²) in [5.41, 5.74) is 0. The molecule has 2 aliphatic rings. The summed E-state index contributed by atoms with van der Waals surface area (Å²) in [6.45, 7) is 6.22. The minimum Gasteiger partial charge on any atom is -0.316 e. The molecule has 2 heterocycles. The number of hydrogen-bond acceptors (Lipinski definition) is 3. The summed E-state index contributed by atoms with van der Waals surface area (Å²) in [4.78, 5) is 5.23. The standard InChI is InChI=1S/C13H27N3/c1-11-9-13(6-8-15(11)3)16-7-4-5-12(10-16)14-2/h11-14H,4-10H2,1-3H3. The van der Waals surface area contributed by atoms with Crippen molar-refractivity contribution < 1.29 is 0 Å². The minimum absolute atomic E-state index is 0.726. The van der Waals surface area contributed by atoms with E-state index in [0.29, 0.717) is 0 Å². The van der Waals surface area contributed by atoms with Crippen molar-refractivity contribution in [2.75, 3.05) is 33.7 Å². The monoisotopic (exact) mass is 225 g/mol. The molecule has 0 aromatic heterocycles. The molecule has 2 fully saturated rings. The lowest BCUT2D eigenvalue weighted by Gasteiger charge is -2.44. The molecule has 3 nitrogen and oxygen atoms in total. The summed E-state index contributed by atoms with van der Waals surface area (Å²) in [6, 6.07) is 2.32. The molecule has 1 N–H and O–H groups in total. The average Bonchev–Trinajstić information content (AvgIpc) is 2.33. The zero-order valence-corrected chi connectivity index (χ0v) is 11.1. The second-order valence-corrected chi connectivity index (χ2v) is 5.63. The van der Waals surface area contributed by atoms with E-state index in [4.69, 9.17) is 0 Å². The van der Waals surface area contributed by atoms with Crippen LogP contribution in [0, 0.1) is 0 Å². The van der Waals surface area contributed by atoms with Gasteiger partial charge >= 0.3 is 0 Å². The van der Waals surface area contributed by atoms with Gasteiger partial charge in [0.05, 0.1) is 0 Å². The molecule has 0 aromatic carbocycles. The van der Waals surface area contributed by atoms with Crippen molar-refractivity contribution in [3.8, 4) is 0 Å². The molecular weight excluding hydrogens is 198 g/mol. The molecule has 0 aromatic rings. The van der Waals surface area contributed by atoms with Crippen LogP contribution >= 0.6 is 0 Å². The van der Waals surface area contributed by atoms with Crippen LogP contribution in [-0.4, -0.2) is 61.7 Å². The van der Waals surface area contributed by atoms with Crippen LogP contribution in [0.4, 0.5) is 0 Å². The van der Waals surface area contributed by atoms with Crippen molar-refractivity contribution >= 4 is 0 Å². The fourth-order valence-electron chi connectivity index (χ4n) is 3.17. The van der Waals surface area contributed by atoms with E-state index in [1.54, 1.807) is 0 Å². The molecule has 0 aliphatic carbocycles. The van der Waals surface area contributed by atoms with Gasteiger partial charge < -0.3 is 10.2 Å². The molecular formula is C13H27N3. The Bertz CT molecular complexity index is 215. The van der Waals surface area contributed by atoms with Gasteiger partial charge in [0.2, 0.25) is 0 Å². The fraction of sp³-hybridized carbons (Fsp3) is 1.00. The highest BCUT2D eigenvalue weighted by atomic mass is 15.2. The van der Waals surface area contributed by atoms with Gasteiger partial charge in [0.1, 0.15) is 0 Å². The Morgan fingerprint density at radius 1 is 1.19 bits per heavy atom. The van der Waals surface area contributed by atoms with Crippen LogP contribution in [-0.2, 0) is 0 Å². The molecule has 3 atom stereocenters. The van der Waals surface area contributed by atoms with Gasteiger partial charge in [0, 0.05) is 24.7 Å². The molecule has 3 heteroatoms. The molecule has 0 radical (unpaired) electrons. The number of nitrogens with zero attached hydrogens (tertiary/aromatic N) is 2. The smallest absolute Gasteiger partial charge is 0.0192 e. The molecule has 2 aliphatic heterocycles. The number of likely N-dealkylation sites (N-methyl/N-ethyl adjacent to an activating group) is 1. The van der Waals surface area contributed by atoms with Crippen LogP contribution < -0.4 is 5.32 Å². The Labute approximate surface area is 100 Å². The highest BCUT2D eigenvalue weighted by molar-refractivity contribution is 4.87. The van der Waals surface area contributed by atoms with Crippen molar-refractivity contribution in [3.63, 3.8) is 0 Å². The summed E-state index contributed by atoms with van der Waals surface area (Å²) in [5.74, 6) is 0. The Balaban J connectivity index is 1.87. The maximum absolute atomic E-state index is 3.44. The zero-order valence-electron chi connectivity index (χ0n) is 11.1. The predicted molar refractivity (Wildman–Crippen MR) is 68.8 cm³/mol. The van der Waals surface area contributed by atoms with Gasteiger partial charge in [-0.05, 0) is 59.8 Å². The molecule has 0 amide bonds. The second-order valence-electron chi connectivity index (χ2n) is 5.63. The first-order chi connectivity index (χ1) is 7.70. The lowest BCUT2D eigenvalue weighted by atomic mass is 9.94. The van der Waals surface area contributed by atoms with Crippen LogP contribution in [0.15, 0.2) is 0 Å². The van der Waals surface area contributed by atoms with E-state index < -0.39 is 0 Å². The number of hydrogen-bond donors (Lipinski definition) is 1. The van der Waals surface area contributed by atoms with Crippen molar-refractivity contribution in [2.45, 2.75) is 50.7 Å². The first-order valence-electron chi connectivity index (χ1n) is 6.82. The quantitative estimate of drug-likeness (QED) is 0.760. The van der Waals surface area contributed by atoms with Gasteiger partial charge in [0.15, 0.2) is 0 Å². The summed E-state index contributed by atoms with van der Waals surface area (Å²) in [7, 11) is 4.36. The summed E-state index contributed by atoms with van der Waals surface area (Å²) in [5, 5.41) is 3.44. The SMILES string of the molecule is CNC1CCCN(C2CCN(C)C(C)C2)C1. The van der Waals surface area contributed by atoms with Crippen LogP contribution in [0.1, 0.15) is 32.6 Å². The third-order valence-corrected chi connectivity index (χ3v) is 4.56. The highest BCUT2D eigenvalue weighted by Crippen LogP contribution is 2.23. The molecule has 16 heavy (non-hydrogen) atoms. The van der Waals surface area contributed by atoms with Gasteiger partial charge in [0.25, 0.3) is 0 Å². The number of nitrogens with one attached hydrogen (secondary N) is 1. The second kappa shape index (κ2) is 5.48. The molecule has 0 spiro atoms. The first-order valence-corrected chi connectivity index (χ1v) is 6.82. The van der Waals surface area contributed by atoms with Crippen molar-refractivity contribution in [2.24, 2.45) is 0 Å². The van der Waals surface area contributed by atoms with Crippen LogP contribution in [0.2, 0.25) is 0 Å². The number of piperidine rings is 2. The van der Waals surface area contributed by atoms with E-state index >= 15 is 0 Å². The van der Waals surface area contributed by atoms with Gasteiger partial charge in [-0.15, -0.1) is 0 Å². The Hall–Kier alpha value is -0.120. The van der Waals surface area contributed by atoms with Gasteiger partial charge in [-0.2, -0.15) is 0 Å². The molecule has 0 bridgehead atoms. The third-order valence-electron chi connectivity index (χ3n) is 4.56. The van der Waals surface area contributed by atoms with Crippen molar-refractivity contribution in [3.05, 3.63) is 0 Å². The number of rotatable bonds is 2. The lowest BCUT2D eigenvalue weighted by molar-refractivity contribution is 0.0654. The van der Waals surface area contributed by atoms with Crippen molar-refractivity contribution in [1.29, 1.82) is 0 Å². The Morgan fingerprint density at radius 2 is 2.00 bits per heavy atom. The first kappa shape index (κ1) is 12.3. The van der Waals surface area contributed by atoms with Gasteiger partial charge in [-0.1, -0.05) is 0 Å². The third kappa shape index (κ3) is 2.76. The molecule has 3 unspecified atom stereocenters. The van der Waals surface area contributed by atoms with E-state index in [2.05, 4.69) is 36.1 Å². The average molecular weight is 225 g/mol. The largest absolute Gasteiger partial charge is 0.316 e. The summed E-state index contributed by atoms with van der Waals surface area (Å²) >= 11 is 0. The van der Waals surface area contributed by atoms with Crippen LogP contribution in [0.25, 0.3) is 0 Å². The van der Waals surface area contributed by atoms with Gasteiger partial charge in [-0.3, -0.25) is 4.90 Å². The lowest BCUT2D eigenvalue weighted by Crippen LogP contribution is -2.53. The topological polar surface area (TPSA) is 18.5 Å². The van der Waals surface area contributed by atoms with Crippen molar-refractivity contribution in [1.82, 2.24) is 15.1 Å². The van der Waals surface area contributed by atoms with E-state index in [1.165, 1.54) is 45.3 Å². The maximum atomic E-state index is 3.44. The molecule has 94 valence electrons. The highest BCUT2D eigenvalue weighted by Gasteiger charge is 2.30. The Morgan fingerprint density at radius 3 is 2.69 bits per heavy atom. The zero-order chi connectivity index (χ0) is 11.5. The summed E-state index contributed by atoms with van der Waals surface area (Å²) in [6.07, 6.45) is 5.44. The molecule has 2 saturated heterocycles. The van der Waals surface area contributed by atoms with E-state index in [-0.39, 0.29) is 0 Å². The fourth-order valence-corrected chi connectivity index (χ4v) is 3.17. The van der Waals surface area contributed by atoms with E-state index in [9.17, 15) is 0 Å². The van der Waals surface area contributed by atoms with Gasteiger partial charge in [-0.25, -0.2) is 0 Å². The molecule has 2 rings (SSSR count). The van der Waals surface area contributed by atoms with Crippen LogP contribution in [0.3, 0.4) is 0 Å². The minimum atomic E-state index is 0.726. The number of likely N-dealkylation sites (tertiary alicyclic amines) is 2. The predicted octanol–water partition coefficient (Wildman–Crippen LogP) is 1.15. The van der Waals surface area contributed by atoms with E-state index in [0.717, 1.165) is 18.1 Å². The Kier molecular flexibility index (Phi) is 4.22. The normalized spacial score (nSPS) is 38.8. The van der Waals surface area contributed by atoms with E-state index in [1.807, 2.05) is 0 Å². The molecule has 0 saturated carbocycles. The maximum Gasteiger partial charge on any atom is 0.0192 e. The summed E-state index contributed by atoms with van der Waals surface area (Å²) < 4.78 is 0. The van der Waals surface area contributed by atoms with Crippen LogP contribution in [0.5, 0.6) is 0 Å².